The van der Waals surface area contributed by atoms with Crippen LogP contribution in [-0.4, -0.2) is 15.0 Å². The Bertz CT molecular complexity index is 833. The Morgan fingerprint density at radius 3 is 2.52 bits per heavy atom. The summed E-state index contributed by atoms with van der Waals surface area (Å²) in [5.41, 5.74) is 2.75. The Hall–Kier alpha value is -2.07. The minimum atomic E-state index is -3.41. The first-order valence-electron chi connectivity index (χ1n) is 6.72. The van der Waals surface area contributed by atoms with Gasteiger partial charge in [0.2, 0.25) is 9.84 Å². The van der Waals surface area contributed by atoms with Crippen LogP contribution in [0.5, 0.6) is 5.75 Å². The first-order chi connectivity index (χ1) is 9.96. The predicted octanol–water partition coefficient (Wildman–Crippen LogP) is 3.51. The molecule has 108 valence electrons. The highest BCUT2D eigenvalue weighted by atomic mass is 32.2. The van der Waals surface area contributed by atoms with E-state index in [0.29, 0.717) is 15.6 Å². The van der Waals surface area contributed by atoms with Crippen molar-refractivity contribution in [3.8, 4) is 5.75 Å². The lowest BCUT2D eigenvalue weighted by molar-refractivity contribution is 0.359. The zero-order chi connectivity index (χ0) is 15.0. The fourth-order valence-corrected chi connectivity index (χ4v) is 3.92. The number of fused-ring (bicyclic) bond motifs is 1. The van der Waals surface area contributed by atoms with Crippen LogP contribution in [0.15, 0.2) is 52.3 Å². The van der Waals surface area contributed by atoms with Crippen LogP contribution in [0.2, 0.25) is 0 Å². The summed E-state index contributed by atoms with van der Waals surface area (Å²) < 4.78 is 30.6. The van der Waals surface area contributed by atoms with Gasteiger partial charge < -0.3 is 4.74 Å². The Labute approximate surface area is 124 Å². The van der Waals surface area contributed by atoms with E-state index in [9.17, 15) is 8.42 Å². The standard InChI is InChI=1S/C17H16O3S/c1-12-4-3-5-15(8-12)20-11-16-10-14-7-6-13(2)9-17(14)21(16,18)19/h3-10H,11H2,1-2H3. The monoisotopic (exact) mass is 300 g/mol. The molecular weight excluding hydrogens is 284 g/mol. The summed E-state index contributed by atoms with van der Waals surface area (Å²) in [5, 5.41) is 0. The summed E-state index contributed by atoms with van der Waals surface area (Å²) in [4.78, 5) is 0.690. The van der Waals surface area contributed by atoms with Gasteiger partial charge in [0, 0.05) is 0 Å². The van der Waals surface area contributed by atoms with Gasteiger partial charge in [-0.15, -0.1) is 0 Å². The van der Waals surface area contributed by atoms with Crippen LogP contribution in [0.1, 0.15) is 16.7 Å². The van der Waals surface area contributed by atoms with Crippen molar-refractivity contribution in [3.63, 3.8) is 0 Å². The van der Waals surface area contributed by atoms with Gasteiger partial charge >= 0.3 is 0 Å². The van der Waals surface area contributed by atoms with E-state index in [2.05, 4.69) is 0 Å². The molecule has 2 aromatic rings. The van der Waals surface area contributed by atoms with Gasteiger partial charge in [0.15, 0.2) is 0 Å². The van der Waals surface area contributed by atoms with E-state index >= 15 is 0 Å². The van der Waals surface area contributed by atoms with Crippen molar-refractivity contribution in [1.82, 2.24) is 0 Å². The highest BCUT2D eigenvalue weighted by molar-refractivity contribution is 7.95. The minimum absolute atomic E-state index is 0.0551. The fourth-order valence-electron chi connectivity index (χ4n) is 2.36. The smallest absolute Gasteiger partial charge is 0.206 e. The van der Waals surface area contributed by atoms with Crippen molar-refractivity contribution >= 4 is 15.9 Å². The van der Waals surface area contributed by atoms with Gasteiger partial charge in [-0.1, -0.05) is 24.3 Å². The van der Waals surface area contributed by atoms with Crippen molar-refractivity contribution in [2.75, 3.05) is 6.61 Å². The summed E-state index contributed by atoms with van der Waals surface area (Å²) in [6.45, 7) is 3.91. The number of benzene rings is 2. The molecule has 1 aliphatic heterocycles. The van der Waals surface area contributed by atoms with Gasteiger partial charge in [-0.05, 0) is 54.8 Å². The molecular formula is C17H16O3S. The van der Waals surface area contributed by atoms with Crippen LogP contribution in [0.3, 0.4) is 0 Å². The van der Waals surface area contributed by atoms with E-state index in [-0.39, 0.29) is 6.61 Å². The van der Waals surface area contributed by atoms with Crippen LogP contribution in [-0.2, 0) is 9.84 Å². The zero-order valence-electron chi connectivity index (χ0n) is 12.0. The van der Waals surface area contributed by atoms with Crippen LogP contribution in [0.4, 0.5) is 0 Å². The molecule has 0 bridgehead atoms. The van der Waals surface area contributed by atoms with E-state index in [1.54, 1.807) is 12.1 Å². The quantitative estimate of drug-likeness (QED) is 0.871. The highest BCUT2D eigenvalue weighted by Crippen LogP contribution is 2.33. The second-order valence-electron chi connectivity index (χ2n) is 5.26. The van der Waals surface area contributed by atoms with Crippen LogP contribution in [0.25, 0.3) is 6.08 Å². The van der Waals surface area contributed by atoms with E-state index in [1.165, 1.54) is 0 Å². The van der Waals surface area contributed by atoms with Gasteiger partial charge in [0.05, 0.1) is 9.80 Å². The third-order valence-corrected chi connectivity index (χ3v) is 5.35. The molecule has 21 heavy (non-hydrogen) atoms. The Morgan fingerprint density at radius 2 is 1.76 bits per heavy atom. The summed E-state index contributed by atoms with van der Waals surface area (Å²) in [5.74, 6) is 0.679. The Balaban J connectivity index is 1.85. The molecule has 0 aliphatic carbocycles. The number of hydrogen-bond acceptors (Lipinski definition) is 3. The largest absolute Gasteiger partial charge is 0.488 e. The molecule has 0 spiro atoms. The van der Waals surface area contributed by atoms with Gasteiger partial charge in [-0.3, -0.25) is 0 Å². The summed E-state index contributed by atoms with van der Waals surface area (Å²) in [7, 11) is -3.41. The van der Waals surface area contributed by atoms with Gasteiger partial charge in [-0.25, -0.2) is 8.42 Å². The first-order valence-corrected chi connectivity index (χ1v) is 8.21. The molecule has 0 saturated carbocycles. The van der Waals surface area contributed by atoms with E-state index in [4.69, 9.17) is 4.74 Å². The second kappa shape index (κ2) is 5.04. The van der Waals surface area contributed by atoms with Crippen molar-refractivity contribution in [3.05, 3.63) is 64.1 Å². The van der Waals surface area contributed by atoms with Crippen LogP contribution < -0.4 is 4.74 Å². The lowest BCUT2D eigenvalue weighted by Crippen LogP contribution is -2.09. The highest BCUT2D eigenvalue weighted by Gasteiger charge is 2.29. The van der Waals surface area contributed by atoms with E-state index < -0.39 is 9.84 Å². The third-order valence-electron chi connectivity index (χ3n) is 3.49. The van der Waals surface area contributed by atoms with Crippen molar-refractivity contribution in [2.24, 2.45) is 0 Å². The molecule has 3 nitrogen and oxygen atoms in total. The van der Waals surface area contributed by atoms with Crippen LogP contribution >= 0.6 is 0 Å². The zero-order valence-corrected chi connectivity index (χ0v) is 12.8. The van der Waals surface area contributed by atoms with Gasteiger partial charge in [0.1, 0.15) is 12.4 Å². The topological polar surface area (TPSA) is 43.4 Å². The molecule has 0 atom stereocenters. The van der Waals surface area contributed by atoms with Gasteiger partial charge in [-0.2, -0.15) is 0 Å². The normalized spacial score (nSPS) is 15.4. The summed E-state index contributed by atoms with van der Waals surface area (Å²) in [6.07, 6.45) is 1.69. The minimum Gasteiger partial charge on any atom is -0.488 e. The molecule has 0 saturated heterocycles. The number of hydrogen-bond donors (Lipinski definition) is 0. The molecule has 1 aliphatic rings. The molecule has 1 heterocycles. The molecule has 0 aromatic heterocycles. The molecule has 3 rings (SSSR count). The maximum Gasteiger partial charge on any atom is 0.206 e. The fraction of sp³-hybridized carbons (Fsp3) is 0.176. The second-order valence-corrected chi connectivity index (χ2v) is 7.23. The molecule has 2 aromatic carbocycles. The van der Waals surface area contributed by atoms with Crippen molar-refractivity contribution in [2.45, 2.75) is 18.7 Å². The molecule has 0 amide bonds. The summed E-state index contributed by atoms with van der Waals surface area (Å²) >= 11 is 0. The van der Waals surface area contributed by atoms with E-state index in [0.717, 1.165) is 16.7 Å². The van der Waals surface area contributed by atoms with Gasteiger partial charge in [0.25, 0.3) is 0 Å². The maximum absolute atomic E-state index is 12.5. The third kappa shape index (κ3) is 2.59. The Morgan fingerprint density at radius 1 is 1.00 bits per heavy atom. The SMILES string of the molecule is Cc1cccc(OCC2=Cc3ccc(C)cc3S2(=O)=O)c1. The lowest BCUT2D eigenvalue weighted by atomic mass is 10.1. The van der Waals surface area contributed by atoms with E-state index in [1.807, 2.05) is 50.2 Å². The Kier molecular flexibility index (Phi) is 3.33. The molecule has 0 fully saturated rings. The molecule has 0 N–H and O–H groups in total. The number of aryl methyl sites for hydroxylation is 2. The number of ether oxygens (including phenoxy) is 1. The van der Waals surface area contributed by atoms with Crippen LogP contribution in [0, 0.1) is 13.8 Å². The lowest BCUT2D eigenvalue weighted by Gasteiger charge is -2.08. The molecule has 4 heteroatoms. The molecule has 0 unspecified atom stereocenters. The maximum atomic E-state index is 12.5. The first kappa shape index (κ1) is 13.9. The number of sulfone groups is 1. The van der Waals surface area contributed by atoms with Crippen molar-refractivity contribution in [1.29, 1.82) is 0 Å². The van der Waals surface area contributed by atoms with Crippen molar-refractivity contribution < 1.29 is 13.2 Å². The number of rotatable bonds is 3. The molecule has 0 radical (unpaired) electrons. The average molecular weight is 300 g/mol. The predicted molar refractivity (Wildman–Crippen MR) is 83.0 cm³/mol. The average Bonchev–Trinajstić information content (AvgIpc) is 2.68. The summed E-state index contributed by atoms with van der Waals surface area (Å²) in [6, 6.07) is 13.0.